The van der Waals surface area contributed by atoms with E-state index in [2.05, 4.69) is 13.8 Å². The number of ether oxygens (including phenoxy) is 2. The van der Waals surface area contributed by atoms with Gasteiger partial charge in [0.25, 0.3) is 0 Å². The Bertz CT molecular complexity index is 218. The molecule has 3 heteroatoms. The van der Waals surface area contributed by atoms with Crippen molar-refractivity contribution in [3.05, 3.63) is 0 Å². The second kappa shape index (κ2) is 7.83. The molecule has 1 saturated carbocycles. The van der Waals surface area contributed by atoms with E-state index in [1.807, 2.05) is 0 Å². The van der Waals surface area contributed by atoms with Crippen LogP contribution in [0.3, 0.4) is 0 Å². The molecule has 0 aliphatic heterocycles. The van der Waals surface area contributed by atoms with Crippen molar-refractivity contribution >= 4 is 6.29 Å². The Labute approximate surface area is 105 Å². The summed E-state index contributed by atoms with van der Waals surface area (Å²) in [6.07, 6.45) is 5.59. The second-order valence-electron chi connectivity index (χ2n) is 5.34. The summed E-state index contributed by atoms with van der Waals surface area (Å²) in [5.41, 5.74) is 0. The van der Waals surface area contributed by atoms with E-state index in [9.17, 15) is 4.79 Å². The zero-order valence-electron chi connectivity index (χ0n) is 11.4. The fourth-order valence-corrected chi connectivity index (χ4v) is 2.69. The summed E-state index contributed by atoms with van der Waals surface area (Å²) < 4.78 is 11.1. The minimum Gasteiger partial charge on any atom is -0.384 e. The van der Waals surface area contributed by atoms with E-state index in [1.165, 1.54) is 12.8 Å². The smallest absolute Gasteiger partial charge is 0.123 e. The summed E-state index contributed by atoms with van der Waals surface area (Å²) in [6.45, 7) is 5.92. The van der Waals surface area contributed by atoms with Crippen LogP contribution in [0.2, 0.25) is 0 Å². The third kappa shape index (κ3) is 4.76. The lowest BCUT2D eigenvalue weighted by molar-refractivity contribution is -0.112. The molecular formula is C14H26O3. The number of carbonyl (C=O) groups excluding carboxylic acids is 1. The van der Waals surface area contributed by atoms with Crippen molar-refractivity contribution in [2.24, 2.45) is 17.8 Å². The van der Waals surface area contributed by atoms with Crippen LogP contribution in [-0.4, -0.2) is 32.7 Å². The van der Waals surface area contributed by atoms with Gasteiger partial charge in [-0.2, -0.15) is 0 Å². The summed E-state index contributed by atoms with van der Waals surface area (Å²) in [5, 5.41) is 0. The molecule has 0 radical (unpaired) electrons. The summed E-state index contributed by atoms with van der Waals surface area (Å²) in [5.74, 6) is 1.10. The quantitative estimate of drug-likeness (QED) is 0.614. The summed E-state index contributed by atoms with van der Waals surface area (Å²) in [6, 6.07) is 0. The largest absolute Gasteiger partial charge is 0.384 e. The molecule has 1 fully saturated rings. The first-order valence-electron chi connectivity index (χ1n) is 6.77. The van der Waals surface area contributed by atoms with E-state index in [-0.39, 0.29) is 12.0 Å². The van der Waals surface area contributed by atoms with Crippen molar-refractivity contribution < 1.29 is 14.3 Å². The van der Waals surface area contributed by atoms with Gasteiger partial charge in [-0.05, 0) is 31.1 Å². The van der Waals surface area contributed by atoms with Gasteiger partial charge in [-0.3, -0.25) is 0 Å². The van der Waals surface area contributed by atoms with Gasteiger partial charge in [0.15, 0.2) is 0 Å². The Hall–Kier alpha value is -0.410. The average molecular weight is 242 g/mol. The number of carbonyl (C=O) groups is 1. The number of hydrogen-bond acceptors (Lipinski definition) is 3. The average Bonchev–Trinajstić information content (AvgIpc) is 2.70. The molecule has 3 unspecified atom stereocenters. The molecule has 0 aromatic heterocycles. The number of hydrogen-bond donors (Lipinski definition) is 0. The highest BCUT2D eigenvalue weighted by Gasteiger charge is 2.34. The molecule has 0 aromatic rings. The number of methoxy groups -OCH3 is 1. The lowest BCUT2D eigenvalue weighted by atomic mass is 9.99. The first-order chi connectivity index (χ1) is 8.21. The predicted octanol–water partition coefficient (Wildman–Crippen LogP) is 2.68. The molecule has 4 atom stereocenters. The third-order valence-corrected chi connectivity index (χ3v) is 3.66. The van der Waals surface area contributed by atoms with Gasteiger partial charge < -0.3 is 14.3 Å². The van der Waals surface area contributed by atoms with E-state index >= 15 is 0 Å². The molecule has 100 valence electrons. The first-order valence-corrected chi connectivity index (χ1v) is 6.77. The van der Waals surface area contributed by atoms with Gasteiger partial charge in [0.2, 0.25) is 0 Å². The lowest BCUT2D eigenvalue weighted by Crippen LogP contribution is -2.15. The fraction of sp³-hybridized carbons (Fsp3) is 0.929. The van der Waals surface area contributed by atoms with Gasteiger partial charge >= 0.3 is 0 Å². The van der Waals surface area contributed by atoms with Crippen LogP contribution in [0.1, 0.15) is 39.5 Å². The first kappa shape index (κ1) is 14.7. The minimum atomic E-state index is 0.126. The van der Waals surface area contributed by atoms with Gasteiger partial charge in [-0.15, -0.1) is 0 Å². The second-order valence-corrected chi connectivity index (χ2v) is 5.34. The predicted molar refractivity (Wildman–Crippen MR) is 68.0 cm³/mol. The Balaban J connectivity index is 2.29. The fourth-order valence-electron chi connectivity index (χ4n) is 2.69. The molecule has 0 aromatic carbocycles. The van der Waals surface area contributed by atoms with E-state index in [0.717, 1.165) is 25.7 Å². The lowest BCUT2D eigenvalue weighted by Gasteiger charge is -2.16. The Morgan fingerprint density at radius 1 is 1.41 bits per heavy atom. The standard InChI is InChI=1S/C14H26O3/c1-4-5-11(2)9-17-14-6-12(8-15)13(7-14)10-16-3/h8,11-14H,4-7,9-10H2,1-3H3/t11?,12-,13?,14?/m0/s1. The van der Waals surface area contributed by atoms with Crippen LogP contribution < -0.4 is 0 Å². The van der Waals surface area contributed by atoms with Crippen LogP contribution in [0.4, 0.5) is 0 Å². The van der Waals surface area contributed by atoms with Crippen LogP contribution in [0.5, 0.6) is 0 Å². The number of aldehydes is 1. The van der Waals surface area contributed by atoms with Gasteiger partial charge in [0.1, 0.15) is 6.29 Å². The van der Waals surface area contributed by atoms with Crippen LogP contribution in [0.25, 0.3) is 0 Å². The normalized spacial score (nSPS) is 30.4. The van der Waals surface area contributed by atoms with Crippen molar-refractivity contribution in [1.29, 1.82) is 0 Å². The number of rotatable bonds is 8. The highest BCUT2D eigenvalue weighted by molar-refractivity contribution is 5.54. The molecule has 0 bridgehead atoms. The molecule has 0 saturated heterocycles. The molecule has 1 rings (SSSR count). The minimum absolute atomic E-state index is 0.126. The van der Waals surface area contributed by atoms with E-state index in [1.54, 1.807) is 7.11 Å². The van der Waals surface area contributed by atoms with Gasteiger partial charge in [0, 0.05) is 26.2 Å². The molecule has 0 heterocycles. The monoisotopic (exact) mass is 242 g/mol. The Morgan fingerprint density at radius 2 is 2.18 bits per heavy atom. The van der Waals surface area contributed by atoms with Crippen LogP contribution in [0.15, 0.2) is 0 Å². The van der Waals surface area contributed by atoms with Gasteiger partial charge in [-0.25, -0.2) is 0 Å². The van der Waals surface area contributed by atoms with Crippen molar-refractivity contribution in [2.45, 2.75) is 45.6 Å². The SMILES string of the molecule is CCCC(C)COC1CC(COC)[C@H](C=O)C1. The maximum absolute atomic E-state index is 11.0. The van der Waals surface area contributed by atoms with Gasteiger partial charge in [0.05, 0.1) is 6.10 Å². The maximum Gasteiger partial charge on any atom is 0.123 e. The van der Waals surface area contributed by atoms with Crippen LogP contribution in [-0.2, 0) is 14.3 Å². The van der Waals surface area contributed by atoms with E-state index in [4.69, 9.17) is 9.47 Å². The van der Waals surface area contributed by atoms with Crippen LogP contribution in [0, 0.1) is 17.8 Å². The van der Waals surface area contributed by atoms with Crippen LogP contribution >= 0.6 is 0 Å². The molecular weight excluding hydrogens is 216 g/mol. The van der Waals surface area contributed by atoms with Crippen molar-refractivity contribution in [3.8, 4) is 0 Å². The molecule has 1 aliphatic rings. The molecule has 17 heavy (non-hydrogen) atoms. The summed E-state index contributed by atoms with van der Waals surface area (Å²) in [4.78, 5) is 11.0. The summed E-state index contributed by atoms with van der Waals surface area (Å²) >= 11 is 0. The molecule has 3 nitrogen and oxygen atoms in total. The topological polar surface area (TPSA) is 35.5 Å². The highest BCUT2D eigenvalue weighted by atomic mass is 16.5. The third-order valence-electron chi connectivity index (χ3n) is 3.66. The van der Waals surface area contributed by atoms with Crippen molar-refractivity contribution in [2.75, 3.05) is 20.3 Å². The molecule has 0 amide bonds. The van der Waals surface area contributed by atoms with Gasteiger partial charge in [-0.1, -0.05) is 20.3 Å². The van der Waals surface area contributed by atoms with E-state index in [0.29, 0.717) is 18.4 Å². The molecule has 0 N–H and O–H groups in total. The van der Waals surface area contributed by atoms with Crippen molar-refractivity contribution in [1.82, 2.24) is 0 Å². The molecule has 0 spiro atoms. The summed E-state index contributed by atoms with van der Waals surface area (Å²) in [7, 11) is 1.69. The van der Waals surface area contributed by atoms with Crippen molar-refractivity contribution in [3.63, 3.8) is 0 Å². The zero-order valence-corrected chi connectivity index (χ0v) is 11.4. The highest BCUT2D eigenvalue weighted by Crippen LogP contribution is 2.33. The van der Waals surface area contributed by atoms with E-state index < -0.39 is 0 Å². The maximum atomic E-state index is 11.0. The Morgan fingerprint density at radius 3 is 2.76 bits per heavy atom. The Kier molecular flexibility index (Phi) is 6.75. The molecule has 1 aliphatic carbocycles. The zero-order chi connectivity index (χ0) is 12.7.